The molecule has 0 saturated carbocycles. The van der Waals surface area contributed by atoms with Gasteiger partial charge in [0.25, 0.3) is 0 Å². The van der Waals surface area contributed by atoms with Gasteiger partial charge in [0.1, 0.15) is 15.3 Å². The second kappa shape index (κ2) is 4.99. The monoisotopic (exact) mass is 277 g/mol. The summed E-state index contributed by atoms with van der Waals surface area (Å²) in [4.78, 5) is 0. The van der Waals surface area contributed by atoms with E-state index in [4.69, 9.17) is 0 Å². The first-order chi connectivity index (χ1) is 7.59. The molecule has 1 aromatic rings. The van der Waals surface area contributed by atoms with Gasteiger partial charge in [-0.3, -0.25) is 0 Å². The number of rotatable bonds is 4. The summed E-state index contributed by atoms with van der Waals surface area (Å²) in [6.45, 7) is 8.44. The van der Waals surface area contributed by atoms with Crippen LogP contribution in [0.15, 0.2) is 0 Å². The minimum absolute atomic E-state index is 0.00822. The minimum atomic E-state index is -3.10. The maximum absolute atomic E-state index is 11.4. The second-order valence-electron chi connectivity index (χ2n) is 5.11. The normalized spacial score (nSPS) is 14.9. The molecule has 1 heterocycles. The van der Waals surface area contributed by atoms with E-state index in [0.29, 0.717) is 11.6 Å². The summed E-state index contributed by atoms with van der Waals surface area (Å²) in [5.74, 6) is 0. The third kappa shape index (κ3) is 4.69. The van der Waals surface area contributed by atoms with Crippen LogP contribution in [0.25, 0.3) is 0 Å². The molecule has 0 spiro atoms. The fourth-order valence-electron chi connectivity index (χ4n) is 1.03. The topological polar surface area (TPSA) is 72.0 Å². The smallest absolute Gasteiger partial charge is 0.156 e. The highest BCUT2D eigenvalue weighted by molar-refractivity contribution is 7.91. The van der Waals surface area contributed by atoms with E-state index in [1.165, 1.54) is 17.6 Å². The first kappa shape index (κ1) is 14.5. The fourth-order valence-corrected chi connectivity index (χ4v) is 2.82. The fraction of sp³-hybridized carbons (Fsp3) is 0.800. The van der Waals surface area contributed by atoms with Gasteiger partial charge in [-0.05, 0) is 27.7 Å². The largest absolute Gasteiger partial charge is 0.306 e. The van der Waals surface area contributed by atoms with E-state index in [1.54, 1.807) is 6.92 Å². The molecule has 98 valence electrons. The average Bonchev–Trinajstić information content (AvgIpc) is 2.59. The van der Waals surface area contributed by atoms with Gasteiger partial charge in [-0.1, -0.05) is 11.3 Å². The minimum Gasteiger partial charge on any atom is -0.306 e. The molecule has 0 aliphatic rings. The van der Waals surface area contributed by atoms with Crippen LogP contribution >= 0.6 is 11.3 Å². The van der Waals surface area contributed by atoms with Crippen molar-refractivity contribution < 1.29 is 8.42 Å². The van der Waals surface area contributed by atoms with Gasteiger partial charge in [-0.15, -0.1) is 10.2 Å². The average molecular weight is 277 g/mol. The molecule has 0 amide bonds. The van der Waals surface area contributed by atoms with Gasteiger partial charge in [0.2, 0.25) is 0 Å². The van der Waals surface area contributed by atoms with Gasteiger partial charge in [0.15, 0.2) is 9.84 Å². The zero-order chi connectivity index (χ0) is 13.3. The summed E-state index contributed by atoms with van der Waals surface area (Å²) in [6, 6.07) is 0. The Kier molecular flexibility index (Phi) is 4.27. The Bertz CT molecular complexity index is 474. The standard InChI is InChI=1S/C10H19N3O2S2/c1-7(17(5,14)15)9-13-12-8(16-9)6-11-10(2,3)4/h7,11H,6H2,1-5H3. The molecule has 1 atom stereocenters. The van der Waals surface area contributed by atoms with Crippen LogP contribution in [0.2, 0.25) is 0 Å². The van der Waals surface area contributed by atoms with Crippen molar-refractivity contribution in [3.05, 3.63) is 10.0 Å². The highest BCUT2D eigenvalue weighted by Gasteiger charge is 2.22. The van der Waals surface area contributed by atoms with Crippen LogP contribution in [0.3, 0.4) is 0 Å². The van der Waals surface area contributed by atoms with Gasteiger partial charge in [-0.2, -0.15) is 0 Å². The molecule has 7 heteroatoms. The van der Waals surface area contributed by atoms with Crippen molar-refractivity contribution in [1.82, 2.24) is 15.5 Å². The highest BCUT2D eigenvalue weighted by atomic mass is 32.2. The SMILES string of the molecule is CC(c1nnc(CNC(C)(C)C)s1)S(C)(=O)=O. The van der Waals surface area contributed by atoms with Gasteiger partial charge in [0, 0.05) is 11.8 Å². The van der Waals surface area contributed by atoms with Gasteiger partial charge >= 0.3 is 0 Å². The Morgan fingerprint density at radius 3 is 2.41 bits per heavy atom. The lowest BCUT2D eigenvalue weighted by Crippen LogP contribution is -2.35. The summed E-state index contributed by atoms with van der Waals surface area (Å²) >= 11 is 1.34. The molecule has 0 saturated heterocycles. The maximum atomic E-state index is 11.4. The summed E-state index contributed by atoms with van der Waals surface area (Å²) in [7, 11) is -3.10. The molecule has 1 N–H and O–H groups in total. The van der Waals surface area contributed by atoms with Crippen LogP contribution in [0.5, 0.6) is 0 Å². The predicted octanol–water partition coefficient (Wildman–Crippen LogP) is 1.53. The zero-order valence-electron chi connectivity index (χ0n) is 10.8. The first-order valence-corrected chi connectivity index (χ1v) is 8.13. The molecule has 0 aliphatic carbocycles. The van der Waals surface area contributed by atoms with Crippen LogP contribution in [0.1, 0.15) is 43.0 Å². The van der Waals surface area contributed by atoms with Crippen LogP contribution in [-0.4, -0.2) is 30.4 Å². The second-order valence-corrected chi connectivity index (χ2v) is 8.57. The molecule has 1 aromatic heterocycles. The molecule has 1 unspecified atom stereocenters. The van der Waals surface area contributed by atoms with Crippen LogP contribution in [-0.2, 0) is 16.4 Å². The third-order valence-corrected chi connectivity index (χ3v) is 5.01. The van der Waals surface area contributed by atoms with E-state index in [9.17, 15) is 8.42 Å². The molecular weight excluding hydrogens is 258 g/mol. The van der Waals surface area contributed by atoms with Crippen LogP contribution in [0.4, 0.5) is 0 Å². The van der Waals surface area contributed by atoms with Crippen molar-refractivity contribution in [1.29, 1.82) is 0 Å². The first-order valence-electron chi connectivity index (χ1n) is 5.36. The number of sulfone groups is 1. The van der Waals surface area contributed by atoms with Crippen molar-refractivity contribution in [2.45, 2.75) is 45.0 Å². The van der Waals surface area contributed by atoms with Crippen molar-refractivity contribution in [2.75, 3.05) is 6.26 Å². The van der Waals surface area contributed by atoms with E-state index in [0.717, 1.165) is 5.01 Å². The molecular formula is C10H19N3O2S2. The third-order valence-electron chi connectivity index (χ3n) is 2.24. The molecule has 5 nitrogen and oxygen atoms in total. The maximum Gasteiger partial charge on any atom is 0.156 e. The van der Waals surface area contributed by atoms with Crippen molar-refractivity contribution in [2.24, 2.45) is 0 Å². The highest BCUT2D eigenvalue weighted by Crippen LogP contribution is 2.24. The van der Waals surface area contributed by atoms with E-state index >= 15 is 0 Å². The lowest BCUT2D eigenvalue weighted by molar-refractivity contribution is 0.423. The van der Waals surface area contributed by atoms with E-state index in [2.05, 4.69) is 36.3 Å². The number of hydrogen-bond acceptors (Lipinski definition) is 6. The van der Waals surface area contributed by atoms with Gasteiger partial charge in [0.05, 0.1) is 6.54 Å². The van der Waals surface area contributed by atoms with Gasteiger partial charge < -0.3 is 5.32 Å². The molecule has 0 aliphatic heterocycles. The van der Waals surface area contributed by atoms with Gasteiger partial charge in [-0.25, -0.2) is 8.42 Å². The number of aromatic nitrogens is 2. The Labute approximate surface area is 107 Å². The number of nitrogens with one attached hydrogen (secondary N) is 1. The number of hydrogen-bond donors (Lipinski definition) is 1. The molecule has 0 bridgehead atoms. The van der Waals surface area contributed by atoms with Crippen molar-refractivity contribution in [3.8, 4) is 0 Å². The Morgan fingerprint density at radius 2 is 1.94 bits per heavy atom. The molecule has 17 heavy (non-hydrogen) atoms. The van der Waals surface area contributed by atoms with E-state index < -0.39 is 15.1 Å². The summed E-state index contributed by atoms with van der Waals surface area (Å²) in [5.41, 5.74) is 0.00822. The lowest BCUT2D eigenvalue weighted by Gasteiger charge is -2.19. The quantitative estimate of drug-likeness (QED) is 0.903. The van der Waals surface area contributed by atoms with Crippen molar-refractivity contribution in [3.63, 3.8) is 0 Å². The Morgan fingerprint density at radius 1 is 1.35 bits per heavy atom. The Balaban J connectivity index is 2.73. The van der Waals surface area contributed by atoms with Crippen LogP contribution in [0, 0.1) is 0 Å². The van der Waals surface area contributed by atoms with E-state index in [-0.39, 0.29) is 5.54 Å². The molecule has 1 rings (SSSR count). The van der Waals surface area contributed by atoms with E-state index in [1.807, 2.05) is 0 Å². The lowest BCUT2D eigenvalue weighted by atomic mass is 10.1. The zero-order valence-corrected chi connectivity index (χ0v) is 12.4. The summed E-state index contributed by atoms with van der Waals surface area (Å²) in [5, 5.41) is 12.0. The molecule has 0 fully saturated rings. The summed E-state index contributed by atoms with van der Waals surface area (Å²) in [6.07, 6.45) is 1.21. The Hall–Kier alpha value is -0.530. The van der Waals surface area contributed by atoms with Crippen LogP contribution < -0.4 is 5.32 Å². The molecule has 0 aromatic carbocycles. The predicted molar refractivity (Wildman–Crippen MR) is 69.8 cm³/mol. The summed E-state index contributed by atoms with van der Waals surface area (Å²) < 4.78 is 22.8. The van der Waals surface area contributed by atoms with Crippen molar-refractivity contribution >= 4 is 21.2 Å². The number of nitrogens with zero attached hydrogens (tertiary/aromatic N) is 2. The molecule has 0 radical (unpaired) electrons.